The van der Waals surface area contributed by atoms with E-state index in [0.29, 0.717) is 17.6 Å². The van der Waals surface area contributed by atoms with E-state index in [4.69, 9.17) is 44.3 Å². The zero-order valence-corrected chi connectivity index (χ0v) is 9.94. The number of alkyl halides is 3. The van der Waals surface area contributed by atoms with E-state index in [1.807, 2.05) is 0 Å². The van der Waals surface area contributed by atoms with Crippen molar-refractivity contribution in [2.75, 3.05) is 7.11 Å². The summed E-state index contributed by atoms with van der Waals surface area (Å²) in [6.07, 6.45) is 0.682. The van der Waals surface area contributed by atoms with E-state index >= 15 is 0 Å². The van der Waals surface area contributed by atoms with E-state index < -0.39 is 3.98 Å². The van der Waals surface area contributed by atoms with Crippen LogP contribution in [0.15, 0.2) is 18.2 Å². The fourth-order valence-electron chi connectivity index (χ4n) is 0.966. The second-order valence-electron chi connectivity index (χ2n) is 2.58. The number of aldehydes is 1. The molecule has 0 aliphatic rings. The first-order chi connectivity index (χ1) is 6.96. The number of hydrogen-bond donors (Lipinski definition) is 0. The third-order valence-electron chi connectivity index (χ3n) is 1.55. The molecule has 15 heavy (non-hydrogen) atoms. The van der Waals surface area contributed by atoms with E-state index in [2.05, 4.69) is 0 Å². The van der Waals surface area contributed by atoms with Crippen molar-refractivity contribution < 1.29 is 14.3 Å². The number of methoxy groups -OCH3 is 1. The standard InChI is InChI=1S/C9H7Cl3O3/c1-14-8-4-6(5-13)2-3-7(8)15-9(10,11)12/h2-5H,1H3. The second kappa shape index (κ2) is 4.92. The smallest absolute Gasteiger partial charge is 0.338 e. The molecule has 0 amide bonds. The van der Waals surface area contributed by atoms with Gasteiger partial charge in [-0.05, 0) is 53.0 Å². The number of rotatable bonds is 3. The largest absolute Gasteiger partial charge is 0.493 e. The highest BCUT2D eigenvalue weighted by Gasteiger charge is 2.23. The lowest BCUT2D eigenvalue weighted by Crippen LogP contribution is -2.13. The Bertz CT molecular complexity index is 360. The molecular formula is C9H7Cl3O3. The van der Waals surface area contributed by atoms with Crippen LogP contribution in [-0.2, 0) is 0 Å². The van der Waals surface area contributed by atoms with Crippen molar-refractivity contribution in [3.8, 4) is 11.5 Å². The molecule has 0 saturated heterocycles. The molecule has 0 spiro atoms. The molecule has 6 heteroatoms. The Balaban J connectivity index is 3.02. The van der Waals surface area contributed by atoms with Crippen molar-refractivity contribution in [2.45, 2.75) is 3.98 Å². The van der Waals surface area contributed by atoms with Crippen LogP contribution in [0.3, 0.4) is 0 Å². The molecule has 0 bridgehead atoms. The molecule has 0 unspecified atom stereocenters. The Labute approximate surface area is 102 Å². The van der Waals surface area contributed by atoms with Crippen LogP contribution in [0, 0.1) is 0 Å². The molecule has 0 fully saturated rings. The molecule has 1 aromatic rings. The Morgan fingerprint density at radius 3 is 2.40 bits per heavy atom. The van der Waals surface area contributed by atoms with Crippen LogP contribution in [0.5, 0.6) is 11.5 Å². The maximum absolute atomic E-state index is 10.5. The van der Waals surface area contributed by atoms with Crippen LogP contribution < -0.4 is 9.47 Å². The van der Waals surface area contributed by atoms with Gasteiger partial charge >= 0.3 is 3.98 Å². The molecule has 0 aliphatic carbocycles. The Hall–Kier alpha value is -0.640. The van der Waals surface area contributed by atoms with E-state index in [1.54, 1.807) is 0 Å². The van der Waals surface area contributed by atoms with Gasteiger partial charge in [0.25, 0.3) is 0 Å². The van der Waals surface area contributed by atoms with Crippen LogP contribution in [0.4, 0.5) is 0 Å². The Morgan fingerprint density at radius 1 is 1.27 bits per heavy atom. The van der Waals surface area contributed by atoms with Gasteiger partial charge in [-0.1, -0.05) is 0 Å². The Morgan fingerprint density at radius 2 is 1.93 bits per heavy atom. The molecule has 3 nitrogen and oxygen atoms in total. The molecule has 1 rings (SSSR count). The van der Waals surface area contributed by atoms with Crippen LogP contribution in [0.2, 0.25) is 0 Å². The minimum Gasteiger partial charge on any atom is -0.493 e. The van der Waals surface area contributed by atoms with Crippen LogP contribution in [-0.4, -0.2) is 17.4 Å². The summed E-state index contributed by atoms with van der Waals surface area (Å²) in [6, 6.07) is 4.50. The molecule has 0 aliphatic heterocycles. The summed E-state index contributed by atoms with van der Waals surface area (Å²) in [5, 5.41) is 0. The quantitative estimate of drug-likeness (QED) is 0.624. The van der Waals surface area contributed by atoms with Gasteiger partial charge in [-0.3, -0.25) is 4.79 Å². The molecule has 0 saturated carbocycles. The zero-order valence-electron chi connectivity index (χ0n) is 7.67. The summed E-state index contributed by atoms with van der Waals surface area (Å²) < 4.78 is 8.09. The van der Waals surface area contributed by atoms with Crippen LogP contribution in [0.25, 0.3) is 0 Å². The first kappa shape index (κ1) is 12.4. The zero-order chi connectivity index (χ0) is 11.5. The molecule has 0 atom stereocenters. The maximum atomic E-state index is 10.5. The number of hydrogen-bond acceptors (Lipinski definition) is 3. The van der Waals surface area contributed by atoms with Gasteiger partial charge in [-0.15, -0.1) is 0 Å². The normalized spacial score (nSPS) is 10.9. The van der Waals surface area contributed by atoms with E-state index in [9.17, 15) is 4.79 Å². The van der Waals surface area contributed by atoms with Crippen LogP contribution in [0.1, 0.15) is 10.4 Å². The molecule has 0 N–H and O–H groups in total. The summed E-state index contributed by atoms with van der Waals surface area (Å²) in [4.78, 5) is 10.5. The predicted octanol–water partition coefficient (Wildman–Crippen LogP) is 3.21. The van der Waals surface area contributed by atoms with Gasteiger partial charge < -0.3 is 9.47 Å². The van der Waals surface area contributed by atoms with Crippen molar-refractivity contribution in [1.29, 1.82) is 0 Å². The second-order valence-corrected chi connectivity index (χ2v) is 4.75. The van der Waals surface area contributed by atoms with Crippen molar-refractivity contribution in [3.05, 3.63) is 23.8 Å². The molecule has 0 radical (unpaired) electrons. The predicted molar refractivity (Wildman–Crippen MR) is 59.3 cm³/mol. The van der Waals surface area contributed by atoms with Gasteiger partial charge in [0.15, 0.2) is 11.5 Å². The maximum Gasteiger partial charge on any atom is 0.338 e. The summed E-state index contributed by atoms with van der Waals surface area (Å²) in [7, 11) is 1.43. The van der Waals surface area contributed by atoms with Gasteiger partial charge in [-0.2, -0.15) is 0 Å². The highest BCUT2D eigenvalue weighted by atomic mass is 35.6. The van der Waals surface area contributed by atoms with E-state index in [-0.39, 0.29) is 5.75 Å². The first-order valence-corrected chi connectivity index (χ1v) is 4.98. The Kier molecular flexibility index (Phi) is 4.08. The third kappa shape index (κ3) is 3.78. The highest BCUT2D eigenvalue weighted by molar-refractivity contribution is 6.66. The summed E-state index contributed by atoms with van der Waals surface area (Å²) in [6.45, 7) is 0. The van der Waals surface area contributed by atoms with Crippen molar-refractivity contribution >= 4 is 41.1 Å². The topological polar surface area (TPSA) is 35.5 Å². The number of halogens is 3. The lowest BCUT2D eigenvalue weighted by Gasteiger charge is -2.16. The number of ether oxygens (including phenoxy) is 2. The highest BCUT2D eigenvalue weighted by Crippen LogP contribution is 2.36. The SMILES string of the molecule is COc1cc(C=O)ccc1OC(Cl)(Cl)Cl. The molecule has 1 aromatic carbocycles. The molecule has 82 valence electrons. The third-order valence-corrected chi connectivity index (χ3v) is 1.78. The molecular weight excluding hydrogens is 262 g/mol. The minimum atomic E-state index is -1.87. The number of carbonyl (C=O) groups excluding carboxylic acids is 1. The van der Waals surface area contributed by atoms with E-state index in [1.165, 1.54) is 25.3 Å². The molecule has 0 heterocycles. The first-order valence-electron chi connectivity index (χ1n) is 3.85. The lowest BCUT2D eigenvalue weighted by molar-refractivity contribution is 0.112. The average molecular weight is 270 g/mol. The van der Waals surface area contributed by atoms with Gasteiger partial charge in [0.1, 0.15) is 6.29 Å². The summed E-state index contributed by atoms with van der Waals surface area (Å²) in [5.41, 5.74) is 0.448. The van der Waals surface area contributed by atoms with E-state index in [0.717, 1.165) is 0 Å². The lowest BCUT2D eigenvalue weighted by atomic mass is 10.2. The summed E-state index contributed by atoms with van der Waals surface area (Å²) in [5.74, 6) is 0.578. The van der Waals surface area contributed by atoms with Crippen molar-refractivity contribution in [1.82, 2.24) is 0 Å². The van der Waals surface area contributed by atoms with Gasteiger partial charge in [0, 0.05) is 5.56 Å². The number of benzene rings is 1. The summed E-state index contributed by atoms with van der Waals surface area (Å²) >= 11 is 16.4. The minimum absolute atomic E-state index is 0.253. The number of carbonyl (C=O) groups is 1. The fraction of sp³-hybridized carbons (Fsp3) is 0.222. The van der Waals surface area contributed by atoms with Gasteiger partial charge in [0.05, 0.1) is 7.11 Å². The van der Waals surface area contributed by atoms with Crippen molar-refractivity contribution in [3.63, 3.8) is 0 Å². The van der Waals surface area contributed by atoms with Crippen LogP contribution >= 0.6 is 34.8 Å². The average Bonchev–Trinajstić information content (AvgIpc) is 2.16. The monoisotopic (exact) mass is 268 g/mol. The molecule has 0 aromatic heterocycles. The van der Waals surface area contributed by atoms with Gasteiger partial charge in [-0.25, -0.2) is 0 Å². The fourth-order valence-corrected chi connectivity index (χ4v) is 1.22. The van der Waals surface area contributed by atoms with Gasteiger partial charge in [0.2, 0.25) is 0 Å². The van der Waals surface area contributed by atoms with Crippen molar-refractivity contribution in [2.24, 2.45) is 0 Å².